The lowest BCUT2D eigenvalue weighted by atomic mass is 9.93. The molecule has 0 spiro atoms. The number of pyridine rings is 1. The predicted molar refractivity (Wildman–Crippen MR) is 199 cm³/mol. The van der Waals surface area contributed by atoms with Crippen LogP contribution < -0.4 is 10.6 Å². The Hall–Kier alpha value is -5.40. The summed E-state index contributed by atoms with van der Waals surface area (Å²) < 4.78 is 89.7. The quantitative estimate of drug-likeness (QED) is 0.0974. The lowest BCUT2D eigenvalue weighted by Gasteiger charge is -2.23. The number of halogens is 7. The third-order valence-electron chi connectivity index (χ3n) is 9.79. The topological polar surface area (TPSA) is 127 Å². The van der Waals surface area contributed by atoms with Crippen molar-refractivity contribution < 1.29 is 41.0 Å². The van der Waals surface area contributed by atoms with Crippen LogP contribution in [0.25, 0.3) is 22.0 Å². The van der Waals surface area contributed by atoms with Gasteiger partial charge in [0.2, 0.25) is 11.8 Å². The van der Waals surface area contributed by atoms with Crippen molar-refractivity contribution in [2.24, 2.45) is 13.0 Å². The Morgan fingerprint density at radius 3 is 2.39 bits per heavy atom. The minimum Gasteiger partial charge on any atom is -0.378 e. The van der Waals surface area contributed by atoms with Crippen LogP contribution >= 0.6 is 11.6 Å². The van der Waals surface area contributed by atoms with Crippen molar-refractivity contribution in [3.05, 3.63) is 93.0 Å². The molecule has 298 valence electrons. The Morgan fingerprint density at radius 1 is 1.05 bits per heavy atom. The maximum absolute atomic E-state index is 15.2. The van der Waals surface area contributed by atoms with Crippen LogP contribution in [-0.2, 0) is 35.5 Å². The molecule has 17 heteroatoms. The van der Waals surface area contributed by atoms with E-state index in [-0.39, 0.29) is 51.6 Å². The van der Waals surface area contributed by atoms with Gasteiger partial charge in [-0.25, -0.2) is 22.5 Å². The number of nitrogens with zero attached hydrogens (tertiary/aromatic N) is 5. The first kappa shape index (κ1) is 39.8. The number of amides is 2. The fourth-order valence-corrected chi connectivity index (χ4v) is 7.53. The highest BCUT2D eigenvalue weighted by Crippen LogP contribution is 2.51. The first-order chi connectivity index (χ1) is 26.8. The molecule has 7 rings (SSSR count). The Labute approximate surface area is 327 Å². The van der Waals surface area contributed by atoms with Gasteiger partial charge in [-0.2, -0.15) is 19.0 Å². The highest BCUT2D eigenvalue weighted by Gasteiger charge is 2.50. The molecule has 57 heavy (non-hydrogen) atoms. The second-order valence-corrected chi connectivity index (χ2v) is 15.4. The summed E-state index contributed by atoms with van der Waals surface area (Å²) in [7, 11) is 1.63. The molecule has 2 amide bonds. The molecule has 0 radical (unpaired) electrons. The van der Waals surface area contributed by atoms with Gasteiger partial charge in [0.05, 0.1) is 27.7 Å². The molecular formula is C40H36ClF6N7O3. The summed E-state index contributed by atoms with van der Waals surface area (Å²) in [4.78, 5) is 31.5. The molecule has 0 aliphatic heterocycles. The minimum absolute atomic E-state index is 0.0747. The zero-order valence-electron chi connectivity index (χ0n) is 31.0. The van der Waals surface area contributed by atoms with Crippen LogP contribution in [0.3, 0.4) is 0 Å². The molecule has 10 nitrogen and oxygen atoms in total. The Bertz CT molecular complexity index is 2480. The molecule has 1 saturated carbocycles. The molecule has 2 aliphatic rings. The number of anilines is 1. The third-order valence-corrected chi connectivity index (χ3v) is 10.1. The van der Waals surface area contributed by atoms with Crippen LogP contribution in [-0.4, -0.2) is 47.1 Å². The number of alkyl halides is 4. The second-order valence-electron chi connectivity index (χ2n) is 15.0. The number of hydrogen-bond donors (Lipinski definition) is 3. The van der Waals surface area contributed by atoms with Crippen molar-refractivity contribution in [1.82, 2.24) is 29.9 Å². The normalized spacial score (nSPS) is 16.7. The van der Waals surface area contributed by atoms with Gasteiger partial charge in [0.15, 0.2) is 5.82 Å². The van der Waals surface area contributed by atoms with E-state index in [0.29, 0.717) is 32.8 Å². The molecule has 0 bridgehead atoms. The summed E-state index contributed by atoms with van der Waals surface area (Å²) in [5, 5.41) is 24.8. The Kier molecular flexibility index (Phi) is 10.4. The summed E-state index contributed by atoms with van der Waals surface area (Å²) in [5.41, 5.74) is -1.86. The van der Waals surface area contributed by atoms with Gasteiger partial charge in [-0.05, 0) is 80.8 Å². The smallest absolute Gasteiger partial charge is 0.290 e. The van der Waals surface area contributed by atoms with Crippen molar-refractivity contribution in [3.8, 4) is 23.0 Å². The molecule has 3 N–H and O–H groups in total. The van der Waals surface area contributed by atoms with Gasteiger partial charge in [-0.3, -0.25) is 19.0 Å². The molecule has 1 fully saturated rings. The van der Waals surface area contributed by atoms with Gasteiger partial charge < -0.3 is 15.7 Å². The summed E-state index contributed by atoms with van der Waals surface area (Å²) >= 11 is 6.70. The van der Waals surface area contributed by atoms with Crippen LogP contribution in [0, 0.1) is 29.4 Å². The fourth-order valence-electron chi connectivity index (χ4n) is 7.28. The molecule has 5 aromatic rings. The van der Waals surface area contributed by atoms with Gasteiger partial charge in [0.1, 0.15) is 40.9 Å². The van der Waals surface area contributed by atoms with Gasteiger partial charge in [0, 0.05) is 42.1 Å². The van der Waals surface area contributed by atoms with Crippen LogP contribution in [0.4, 0.5) is 32.2 Å². The number of fused-ring (bicyclic) bond motifs is 2. The van der Waals surface area contributed by atoms with E-state index >= 15 is 8.78 Å². The van der Waals surface area contributed by atoms with Crippen molar-refractivity contribution in [2.45, 2.75) is 82.9 Å². The van der Waals surface area contributed by atoms with Crippen molar-refractivity contribution in [2.75, 3.05) is 5.32 Å². The fraction of sp³-hybridized carbons (Fsp3) is 0.375. The number of carbonyl (C=O) groups excluding carboxylic acids is 2. The molecule has 3 heterocycles. The van der Waals surface area contributed by atoms with Crippen molar-refractivity contribution in [1.29, 1.82) is 0 Å². The van der Waals surface area contributed by atoms with Crippen LogP contribution in [0.5, 0.6) is 0 Å². The first-order valence-electron chi connectivity index (χ1n) is 18.0. The van der Waals surface area contributed by atoms with E-state index < -0.39 is 71.8 Å². The number of nitrogens with one attached hydrogen (secondary N) is 2. The molecule has 2 aromatic carbocycles. The van der Waals surface area contributed by atoms with E-state index in [4.69, 9.17) is 16.6 Å². The average Bonchev–Trinajstić information content (AvgIpc) is 3.75. The number of hydrogen-bond acceptors (Lipinski definition) is 6. The number of carbonyl (C=O) groups is 2. The number of benzene rings is 2. The summed E-state index contributed by atoms with van der Waals surface area (Å²) in [6.07, 6.45) is -2.74. The summed E-state index contributed by atoms with van der Waals surface area (Å²) in [6.45, 7) is 3.39. The average molecular weight is 812 g/mol. The number of rotatable bonds is 10. The Morgan fingerprint density at radius 2 is 1.74 bits per heavy atom. The zero-order chi connectivity index (χ0) is 41.1. The summed E-state index contributed by atoms with van der Waals surface area (Å²) in [6, 6.07) is 7.90. The minimum atomic E-state index is -3.55. The van der Waals surface area contributed by atoms with E-state index in [9.17, 15) is 32.3 Å². The van der Waals surface area contributed by atoms with Crippen LogP contribution in [0.2, 0.25) is 5.02 Å². The second kappa shape index (κ2) is 14.8. The maximum Gasteiger partial charge on any atom is 0.290 e. The molecule has 2 aliphatic carbocycles. The van der Waals surface area contributed by atoms with Gasteiger partial charge in [-0.1, -0.05) is 30.5 Å². The first-order valence-corrected chi connectivity index (χ1v) is 18.4. The summed E-state index contributed by atoms with van der Waals surface area (Å²) in [5.74, 6) is -1.96. The number of aromatic nitrogens is 5. The van der Waals surface area contributed by atoms with Crippen LogP contribution in [0.1, 0.15) is 92.3 Å². The van der Waals surface area contributed by atoms with E-state index in [0.717, 1.165) is 25.0 Å². The SMILES string of the molecule is C[C@H]1CC(F)(F)c2c1c(C(F)F)nn2CC(=O)N[C@@H](Cc1cc(F)cc(F)c1)c1nc(C#CC(C)(C)O)ccc1-c1ccc(Cl)c2c(NC(=O)C3CC3)nn(C)c12. The number of aryl methyl sites for hydroxylation is 1. The highest BCUT2D eigenvalue weighted by atomic mass is 35.5. The standard InChI is InChI=1S/C40H36ClF6N7O3/c1-19-17-40(46,47)35-30(19)33(36(44)45)51-54(35)18-29(55)49-28(15-20-13-22(42)16-23(43)14-20)32-25(8-7-24(48-32)11-12-39(2,3)57)26-9-10-27(41)31-34(26)53(4)52-37(31)50-38(56)21-5-6-21/h7-10,13-14,16,19,21,28,36,57H,5-6,15,17-18H2,1-4H3,(H,49,55)(H,50,52,56)/t19-,28-/m0/s1. The van der Waals surface area contributed by atoms with E-state index in [1.807, 2.05) is 0 Å². The van der Waals surface area contributed by atoms with E-state index in [2.05, 4.69) is 32.7 Å². The largest absolute Gasteiger partial charge is 0.378 e. The van der Waals surface area contributed by atoms with Gasteiger partial charge >= 0.3 is 0 Å². The monoisotopic (exact) mass is 811 g/mol. The molecular weight excluding hydrogens is 776 g/mol. The van der Waals surface area contributed by atoms with E-state index in [1.54, 1.807) is 31.3 Å². The zero-order valence-corrected chi connectivity index (χ0v) is 31.8. The molecule has 3 aromatic heterocycles. The lowest BCUT2D eigenvalue weighted by molar-refractivity contribution is -0.123. The predicted octanol–water partition coefficient (Wildman–Crippen LogP) is 7.87. The molecule has 0 saturated heterocycles. The van der Waals surface area contributed by atoms with Gasteiger partial charge in [0.25, 0.3) is 12.3 Å². The van der Waals surface area contributed by atoms with Crippen LogP contribution in [0.15, 0.2) is 42.5 Å². The highest BCUT2D eigenvalue weighted by molar-refractivity contribution is 6.37. The van der Waals surface area contributed by atoms with E-state index in [1.165, 1.54) is 25.5 Å². The Balaban J connectivity index is 1.38. The third kappa shape index (κ3) is 8.22. The molecule has 2 atom stereocenters. The van der Waals surface area contributed by atoms with Gasteiger partial charge in [-0.15, -0.1) is 0 Å². The van der Waals surface area contributed by atoms with Crippen molar-refractivity contribution >= 4 is 40.1 Å². The maximum atomic E-state index is 15.2. The van der Waals surface area contributed by atoms with Crippen molar-refractivity contribution in [3.63, 3.8) is 0 Å². The molecule has 0 unspecified atom stereocenters. The lowest BCUT2D eigenvalue weighted by Crippen LogP contribution is -2.35. The number of aliphatic hydroxyl groups is 1.